The van der Waals surface area contributed by atoms with Crippen LogP contribution in [0.15, 0.2) is 42.5 Å². The largest absolute Gasteiger partial charge is 0.467 e. The molecule has 0 saturated heterocycles. The number of nitrogens with one attached hydrogen (secondary N) is 1. The van der Waals surface area contributed by atoms with Crippen molar-refractivity contribution in [1.29, 1.82) is 0 Å². The molecule has 4 rings (SSSR count). The van der Waals surface area contributed by atoms with E-state index in [9.17, 15) is 31.1 Å². The zero-order chi connectivity index (χ0) is 24.7. The number of ether oxygens (including phenoxy) is 1. The average molecular weight is 523 g/mol. The molecule has 1 aliphatic rings. The number of rotatable bonds is 5. The Balaban J connectivity index is 1.50. The predicted molar refractivity (Wildman–Crippen MR) is 114 cm³/mol. The highest BCUT2D eigenvalue weighted by Crippen LogP contribution is 2.36. The number of nitrogens with zero attached hydrogens (tertiary/aromatic N) is 3. The summed E-state index contributed by atoms with van der Waals surface area (Å²) in [4.78, 5) is 16.3. The number of amides is 1. The smallest absolute Gasteiger partial charge is 0.435 e. The first-order chi connectivity index (χ1) is 15.9. The van der Waals surface area contributed by atoms with Crippen LogP contribution in [0.2, 0.25) is 0 Å². The summed E-state index contributed by atoms with van der Waals surface area (Å²) >= 11 is 7.00. The molecule has 1 amide bonds. The number of thiazole rings is 1. The zero-order valence-electron chi connectivity index (χ0n) is 16.7. The molecule has 0 saturated carbocycles. The van der Waals surface area contributed by atoms with Crippen molar-refractivity contribution in [2.24, 2.45) is 0 Å². The normalized spacial score (nSPS) is 16.6. The third-order valence-electron chi connectivity index (χ3n) is 4.59. The van der Waals surface area contributed by atoms with Crippen molar-refractivity contribution in [3.05, 3.63) is 53.8 Å². The molecule has 1 N–H and O–H groups in total. The van der Waals surface area contributed by atoms with Crippen molar-refractivity contribution in [2.45, 2.75) is 24.2 Å². The van der Waals surface area contributed by atoms with E-state index in [2.05, 4.69) is 15.4 Å². The molecule has 1 unspecified atom stereocenters. The van der Waals surface area contributed by atoms with Crippen LogP contribution in [0.25, 0.3) is 15.9 Å². The van der Waals surface area contributed by atoms with Crippen LogP contribution in [0.3, 0.4) is 0 Å². The number of hydrogen-bond acceptors (Lipinski definition) is 5. The van der Waals surface area contributed by atoms with Gasteiger partial charge in [0.05, 0.1) is 26.9 Å². The van der Waals surface area contributed by atoms with Gasteiger partial charge in [-0.2, -0.15) is 31.4 Å². The summed E-state index contributed by atoms with van der Waals surface area (Å²) in [5, 5.41) is 5.23. The van der Waals surface area contributed by atoms with E-state index < -0.39 is 41.5 Å². The number of benzene rings is 1. The van der Waals surface area contributed by atoms with E-state index in [1.807, 2.05) is 0 Å². The highest BCUT2D eigenvalue weighted by Gasteiger charge is 2.36. The Bertz CT molecular complexity index is 1290. The van der Waals surface area contributed by atoms with Gasteiger partial charge < -0.3 is 4.74 Å². The van der Waals surface area contributed by atoms with E-state index in [-0.39, 0.29) is 26.9 Å². The molecule has 0 spiro atoms. The molecule has 3 aromatic rings. The van der Waals surface area contributed by atoms with Gasteiger partial charge in [0.1, 0.15) is 0 Å². The summed E-state index contributed by atoms with van der Waals surface area (Å²) in [6.07, 6.45) is -4.09. The Morgan fingerprint density at radius 2 is 1.97 bits per heavy atom. The Morgan fingerprint density at radius 1 is 1.21 bits per heavy atom. The molecular weight excluding hydrogens is 510 g/mol. The number of fused-ring (bicyclic) bond motifs is 1. The summed E-state index contributed by atoms with van der Waals surface area (Å²) < 4.78 is 84.5. The second kappa shape index (κ2) is 8.95. The van der Waals surface area contributed by atoms with Gasteiger partial charge in [-0.05, 0) is 30.7 Å². The third kappa shape index (κ3) is 5.20. The molecule has 1 aromatic carbocycles. The lowest BCUT2D eigenvalue weighted by atomic mass is 10.1. The van der Waals surface area contributed by atoms with Gasteiger partial charge in [0.15, 0.2) is 17.4 Å². The molecule has 1 aliphatic carbocycles. The molecule has 1 atom stereocenters. The fourth-order valence-electron chi connectivity index (χ4n) is 3.03. The second-order valence-electron chi connectivity index (χ2n) is 7.04. The van der Waals surface area contributed by atoms with E-state index in [0.717, 1.165) is 28.2 Å². The maximum Gasteiger partial charge on any atom is 0.435 e. The lowest BCUT2D eigenvalue weighted by molar-refractivity contribution is -0.141. The molecule has 0 fully saturated rings. The number of halogens is 7. The van der Waals surface area contributed by atoms with Crippen molar-refractivity contribution in [1.82, 2.24) is 14.8 Å². The van der Waals surface area contributed by atoms with Crippen molar-refractivity contribution >= 4 is 49.9 Å². The summed E-state index contributed by atoms with van der Waals surface area (Å²) in [6.45, 7) is -0.706. The van der Waals surface area contributed by atoms with E-state index in [0.29, 0.717) is 12.5 Å². The van der Waals surface area contributed by atoms with Gasteiger partial charge in [0.2, 0.25) is 5.88 Å². The zero-order valence-corrected chi connectivity index (χ0v) is 18.3. The Morgan fingerprint density at radius 3 is 2.65 bits per heavy atom. The summed E-state index contributed by atoms with van der Waals surface area (Å²) in [7, 11) is 0. The SMILES string of the molecule is O=C(COc1cc(C(F)(F)F)nn1C1=CC=CCC1Cl)Nc1nc2ccc(C(F)(F)F)cc2s1. The van der Waals surface area contributed by atoms with Gasteiger partial charge in [0, 0.05) is 6.07 Å². The third-order valence-corrected chi connectivity index (χ3v) is 5.93. The number of carbonyl (C=O) groups is 1. The maximum absolute atomic E-state index is 13.2. The summed E-state index contributed by atoms with van der Waals surface area (Å²) in [5.41, 5.74) is -1.61. The topological polar surface area (TPSA) is 69.0 Å². The average Bonchev–Trinajstić information content (AvgIpc) is 3.35. The first kappa shape index (κ1) is 24.1. The standard InChI is InChI=1S/C20H13ClF6N4O2S/c21-11-3-1-2-4-13(11)31-17(8-15(30-31)20(25,26)27)33-9-16(32)29-18-28-12-6-5-10(19(22,23)24)7-14(12)34-18/h1-2,4-8,11H,3,9H2,(H,28,29,32). The first-order valence-corrected chi connectivity index (χ1v) is 10.8. The van der Waals surface area contributed by atoms with Gasteiger partial charge in [-0.25, -0.2) is 9.67 Å². The number of allylic oxidation sites excluding steroid dienone is 4. The van der Waals surface area contributed by atoms with E-state index in [4.69, 9.17) is 16.3 Å². The number of hydrogen-bond donors (Lipinski definition) is 1. The second-order valence-corrected chi connectivity index (χ2v) is 8.59. The molecule has 0 aliphatic heterocycles. The molecule has 2 heterocycles. The number of alkyl halides is 7. The van der Waals surface area contributed by atoms with E-state index in [1.165, 1.54) is 12.1 Å². The highest BCUT2D eigenvalue weighted by molar-refractivity contribution is 7.22. The van der Waals surface area contributed by atoms with Crippen molar-refractivity contribution in [2.75, 3.05) is 11.9 Å². The molecule has 2 aromatic heterocycles. The van der Waals surface area contributed by atoms with Crippen LogP contribution >= 0.6 is 22.9 Å². The van der Waals surface area contributed by atoms with Crippen molar-refractivity contribution in [3.8, 4) is 5.88 Å². The lowest BCUT2D eigenvalue weighted by Gasteiger charge is -2.17. The van der Waals surface area contributed by atoms with Gasteiger partial charge >= 0.3 is 12.4 Å². The van der Waals surface area contributed by atoms with Crippen LogP contribution < -0.4 is 10.1 Å². The minimum absolute atomic E-state index is 0.00774. The minimum Gasteiger partial charge on any atom is -0.467 e. The molecule has 180 valence electrons. The van der Waals surface area contributed by atoms with Crippen LogP contribution in [0.4, 0.5) is 31.5 Å². The fourth-order valence-corrected chi connectivity index (χ4v) is 4.22. The van der Waals surface area contributed by atoms with Crippen molar-refractivity contribution < 1.29 is 35.9 Å². The number of carbonyl (C=O) groups excluding carboxylic acids is 1. The molecule has 6 nitrogen and oxygen atoms in total. The van der Waals surface area contributed by atoms with E-state index >= 15 is 0 Å². The highest BCUT2D eigenvalue weighted by atomic mass is 35.5. The Labute approximate surface area is 196 Å². The lowest BCUT2D eigenvalue weighted by Crippen LogP contribution is -2.22. The molecular formula is C20H13ClF6N4O2S. The quantitative estimate of drug-likeness (QED) is 0.332. The molecule has 14 heteroatoms. The first-order valence-electron chi connectivity index (χ1n) is 9.50. The monoisotopic (exact) mass is 522 g/mol. The summed E-state index contributed by atoms with van der Waals surface area (Å²) in [5.74, 6) is -1.13. The molecule has 34 heavy (non-hydrogen) atoms. The molecule has 0 bridgehead atoms. The molecule has 0 radical (unpaired) electrons. The number of anilines is 1. The maximum atomic E-state index is 13.2. The fraction of sp³-hybridized carbons (Fsp3) is 0.250. The van der Waals surface area contributed by atoms with Crippen LogP contribution in [0.1, 0.15) is 17.7 Å². The number of aromatic nitrogens is 3. The minimum atomic E-state index is -4.76. The van der Waals surface area contributed by atoms with Crippen LogP contribution in [0, 0.1) is 0 Å². The van der Waals surface area contributed by atoms with Gasteiger partial charge in [-0.1, -0.05) is 23.5 Å². The van der Waals surface area contributed by atoms with Crippen LogP contribution in [-0.2, 0) is 17.1 Å². The van der Waals surface area contributed by atoms with Gasteiger partial charge in [-0.15, -0.1) is 11.6 Å². The van der Waals surface area contributed by atoms with E-state index in [1.54, 1.807) is 12.2 Å². The predicted octanol–water partition coefficient (Wildman–Crippen LogP) is 5.96. The van der Waals surface area contributed by atoms with Gasteiger partial charge in [0.25, 0.3) is 5.91 Å². The van der Waals surface area contributed by atoms with Crippen molar-refractivity contribution in [3.63, 3.8) is 0 Å². The van der Waals surface area contributed by atoms with Gasteiger partial charge in [-0.3, -0.25) is 10.1 Å². The van der Waals surface area contributed by atoms with Crippen LogP contribution in [0.5, 0.6) is 5.88 Å². The Hall–Kier alpha value is -3.06. The Kier molecular flexibility index (Phi) is 6.34. The summed E-state index contributed by atoms with van der Waals surface area (Å²) in [6, 6.07) is 3.60. The van der Waals surface area contributed by atoms with Crippen LogP contribution in [-0.4, -0.2) is 32.7 Å².